The van der Waals surface area contributed by atoms with Crippen LogP contribution in [0.5, 0.6) is 0 Å². The van der Waals surface area contributed by atoms with Crippen molar-refractivity contribution in [1.29, 1.82) is 0 Å². The average Bonchev–Trinajstić information content (AvgIpc) is 2.73. The summed E-state index contributed by atoms with van der Waals surface area (Å²) in [6.07, 6.45) is -5.55. The first kappa shape index (κ1) is 23.4. The fourth-order valence-electron chi connectivity index (χ4n) is 2.95. The van der Waals surface area contributed by atoms with Gasteiger partial charge < -0.3 is 0 Å². The number of benzene rings is 3. The normalized spacial score (nSPS) is 13.1. The maximum absolute atomic E-state index is 13.4. The second kappa shape index (κ2) is 8.70. The smallest absolute Gasteiger partial charge is 0.230 e. The molecule has 0 aliphatic carbocycles. The summed E-state index contributed by atoms with van der Waals surface area (Å²) in [6.45, 7) is 0. The Hall–Kier alpha value is -3.27. The molecule has 0 saturated heterocycles. The lowest BCUT2D eigenvalue weighted by molar-refractivity contribution is -0.0795. The summed E-state index contributed by atoms with van der Waals surface area (Å²) >= 11 is 0. The van der Waals surface area contributed by atoms with Crippen LogP contribution in [0.1, 0.15) is 5.56 Å². The predicted molar refractivity (Wildman–Crippen MR) is 110 cm³/mol. The van der Waals surface area contributed by atoms with E-state index in [1.807, 2.05) is 0 Å². The van der Waals surface area contributed by atoms with E-state index < -0.39 is 39.2 Å². The van der Waals surface area contributed by atoms with Crippen LogP contribution in [-0.4, -0.2) is 20.1 Å². The van der Waals surface area contributed by atoms with E-state index in [-0.39, 0.29) is 9.87 Å². The highest BCUT2D eigenvalue weighted by Crippen LogP contribution is 2.39. The van der Waals surface area contributed by atoms with Gasteiger partial charge in [0.15, 0.2) is 0 Å². The summed E-state index contributed by atoms with van der Waals surface area (Å²) in [4.78, 5) is 0. The zero-order chi connectivity index (χ0) is 23.6. The first-order chi connectivity index (χ1) is 14.9. The van der Waals surface area contributed by atoms with Gasteiger partial charge >= 0.3 is 21.7 Å². The lowest BCUT2D eigenvalue weighted by atomic mass is 10.0. The third-order valence-electron chi connectivity index (χ3n) is 4.33. The number of halogens is 6. The highest BCUT2D eigenvalue weighted by atomic mass is 32.2. The van der Waals surface area contributed by atoms with Gasteiger partial charge in [-0.05, 0) is 28.8 Å². The van der Waals surface area contributed by atoms with Crippen LogP contribution in [0.25, 0.3) is 16.8 Å². The molecule has 0 saturated carbocycles. The minimum Gasteiger partial charge on any atom is -0.230 e. The number of hydrogen-bond acceptors (Lipinski definition) is 2. The standard InChI is InChI=1S/C22H15F6NO2S/c23-21(24,25)15-20(18-13-11-17(12-14-18)16-7-3-1-4-8-16)29(19-9-5-2-6-10-19)32(30,31)22(26,27)28/h1-15H/b20-15+. The van der Waals surface area contributed by atoms with Gasteiger partial charge in [-0.2, -0.15) is 34.8 Å². The van der Waals surface area contributed by atoms with Gasteiger partial charge in [0.25, 0.3) is 0 Å². The number of nitrogens with zero attached hydrogens (tertiary/aromatic N) is 1. The maximum atomic E-state index is 13.4. The molecule has 0 aromatic heterocycles. The summed E-state index contributed by atoms with van der Waals surface area (Å²) in [5.74, 6) is 0. The van der Waals surface area contributed by atoms with Crippen molar-refractivity contribution >= 4 is 21.4 Å². The number of anilines is 1. The van der Waals surface area contributed by atoms with Gasteiger partial charge in [-0.15, -0.1) is 0 Å². The van der Waals surface area contributed by atoms with Gasteiger partial charge in [-0.1, -0.05) is 72.8 Å². The van der Waals surface area contributed by atoms with Crippen molar-refractivity contribution in [2.24, 2.45) is 0 Å². The van der Waals surface area contributed by atoms with Crippen molar-refractivity contribution in [3.8, 4) is 11.1 Å². The molecule has 3 rings (SSSR count). The van der Waals surface area contributed by atoms with Crippen LogP contribution in [0.3, 0.4) is 0 Å². The van der Waals surface area contributed by atoms with Crippen LogP contribution < -0.4 is 4.31 Å². The molecule has 0 atom stereocenters. The van der Waals surface area contributed by atoms with Gasteiger partial charge in [-0.25, -0.2) is 4.31 Å². The number of alkyl halides is 6. The Balaban J connectivity index is 2.22. The van der Waals surface area contributed by atoms with Gasteiger partial charge in [0, 0.05) is 6.08 Å². The first-order valence-electron chi connectivity index (χ1n) is 9.02. The van der Waals surface area contributed by atoms with Gasteiger partial charge in [0.1, 0.15) is 0 Å². The second-order valence-corrected chi connectivity index (χ2v) is 8.34. The average molecular weight is 471 g/mol. The molecular formula is C22H15F6NO2S. The third-order valence-corrected chi connectivity index (χ3v) is 5.80. The Labute approximate surface area is 180 Å². The Morgan fingerprint density at radius 1 is 0.688 bits per heavy atom. The quantitative estimate of drug-likeness (QED) is 0.393. The molecule has 10 heteroatoms. The van der Waals surface area contributed by atoms with E-state index in [2.05, 4.69) is 0 Å². The summed E-state index contributed by atoms with van der Waals surface area (Å²) in [5, 5.41) is 0. The Morgan fingerprint density at radius 3 is 1.62 bits per heavy atom. The Bertz CT molecular complexity index is 1190. The van der Waals surface area contributed by atoms with Crippen LogP contribution in [-0.2, 0) is 10.0 Å². The van der Waals surface area contributed by atoms with E-state index in [1.54, 1.807) is 30.3 Å². The van der Waals surface area contributed by atoms with Crippen molar-refractivity contribution in [3.63, 3.8) is 0 Å². The summed E-state index contributed by atoms with van der Waals surface area (Å²) in [7, 11) is -6.21. The lowest BCUT2D eigenvalue weighted by Gasteiger charge is -2.28. The molecular weight excluding hydrogens is 456 g/mol. The molecule has 168 valence electrons. The Morgan fingerprint density at radius 2 is 1.16 bits per heavy atom. The van der Waals surface area contributed by atoms with E-state index in [1.165, 1.54) is 30.3 Å². The molecule has 0 bridgehead atoms. The molecule has 32 heavy (non-hydrogen) atoms. The van der Waals surface area contributed by atoms with E-state index >= 15 is 0 Å². The number of para-hydroxylation sites is 1. The van der Waals surface area contributed by atoms with Crippen molar-refractivity contribution in [1.82, 2.24) is 0 Å². The highest BCUT2D eigenvalue weighted by Gasteiger charge is 2.52. The molecule has 0 fully saturated rings. The van der Waals surface area contributed by atoms with Crippen molar-refractivity contribution < 1.29 is 34.8 Å². The van der Waals surface area contributed by atoms with Crippen molar-refractivity contribution in [3.05, 3.63) is 96.6 Å². The number of sulfonamides is 1. The maximum Gasteiger partial charge on any atom is 0.517 e. The SMILES string of the molecule is O=S(=O)(N(/C(=C/C(F)(F)F)c1ccc(-c2ccccc2)cc1)c1ccccc1)C(F)(F)F. The van der Waals surface area contributed by atoms with Crippen molar-refractivity contribution in [2.45, 2.75) is 11.7 Å². The molecule has 0 amide bonds. The van der Waals surface area contributed by atoms with Gasteiger partial charge in [-0.3, -0.25) is 0 Å². The van der Waals surface area contributed by atoms with Crippen LogP contribution in [0.15, 0.2) is 91.0 Å². The third kappa shape index (κ3) is 5.13. The molecule has 0 unspecified atom stereocenters. The van der Waals surface area contributed by atoms with Crippen LogP contribution in [0, 0.1) is 0 Å². The molecule has 0 aliphatic rings. The summed E-state index contributed by atoms with van der Waals surface area (Å²) in [5.41, 5.74) is -6.65. The molecule has 3 nitrogen and oxygen atoms in total. The molecule has 0 N–H and O–H groups in total. The summed E-state index contributed by atoms with van der Waals surface area (Å²) in [6, 6.07) is 19.6. The fraction of sp³-hybridized carbons (Fsp3) is 0.0909. The molecule has 3 aromatic carbocycles. The van der Waals surface area contributed by atoms with Crippen LogP contribution in [0.4, 0.5) is 32.0 Å². The largest absolute Gasteiger partial charge is 0.517 e. The zero-order valence-electron chi connectivity index (χ0n) is 16.1. The lowest BCUT2D eigenvalue weighted by Crippen LogP contribution is -2.40. The minimum absolute atomic E-state index is 0.335. The second-order valence-electron chi connectivity index (χ2n) is 6.57. The van der Waals surface area contributed by atoms with Gasteiger partial charge in [0.2, 0.25) is 0 Å². The van der Waals surface area contributed by atoms with E-state index in [9.17, 15) is 34.8 Å². The van der Waals surface area contributed by atoms with E-state index in [0.29, 0.717) is 5.56 Å². The first-order valence-corrected chi connectivity index (χ1v) is 10.5. The predicted octanol–water partition coefficient (Wildman–Crippen LogP) is 6.61. The number of allylic oxidation sites excluding steroid dienone is 1. The highest BCUT2D eigenvalue weighted by molar-refractivity contribution is 7.94. The molecule has 0 aliphatic heterocycles. The molecule has 0 spiro atoms. The van der Waals surface area contributed by atoms with Gasteiger partial charge in [0.05, 0.1) is 11.4 Å². The number of hydrogen-bond donors (Lipinski definition) is 0. The topological polar surface area (TPSA) is 37.4 Å². The molecule has 0 radical (unpaired) electrons. The van der Waals surface area contributed by atoms with E-state index in [4.69, 9.17) is 0 Å². The fourth-order valence-corrected chi connectivity index (χ4v) is 3.98. The van der Waals surface area contributed by atoms with E-state index in [0.717, 1.165) is 29.8 Å². The Kier molecular flexibility index (Phi) is 6.36. The van der Waals surface area contributed by atoms with Crippen molar-refractivity contribution in [2.75, 3.05) is 4.31 Å². The molecule has 3 aromatic rings. The van der Waals surface area contributed by atoms with Crippen LogP contribution in [0.2, 0.25) is 0 Å². The number of rotatable bonds is 5. The monoisotopic (exact) mass is 471 g/mol. The summed E-state index contributed by atoms with van der Waals surface area (Å²) < 4.78 is 105. The zero-order valence-corrected chi connectivity index (χ0v) is 16.9. The minimum atomic E-state index is -6.21. The molecule has 0 heterocycles. The van der Waals surface area contributed by atoms with Crippen LogP contribution >= 0.6 is 0 Å².